The molecule has 6 nitrogen and oxygen atoms in total. The van der Waals surface area contributed by atoms with Crippen molar-refractivity contribution in [3.8, 4) is 0 Å². The summed E-state index contributed by atoms with van der Waals surface area (Å²) in [6.45, 7) is 11.4. The zero-order valence-corrected chi connectivity index (χ0v) is 43.9. The lowest BCUT2D eigenvalue weighted by molar-refractivity contribution is -0.167. The van der Waals surface area contributed by atoms with E-state index in [0.29, 0.717) is 19.3 Å². The molecule has 0 saturated heterocycles. The van der Waals surface area contributed by atoms with E-state index in [4.69, 9.17) is 14.2 Å². The lowest BCUT2D eigenvalue weighted by atomic mass is 10.0. The molecule has 0 aliphatic heterocycles. The molecule has 0 unspecified atom stereocenters. The second-order valence-electron chi connectivity index (χ2n) is 20.9. The molecule has 0 fully saturated rings. The smallest absolute Gasteiger partial charge is 0.306 e. The summed E-state index contributed by atoms with van der Waals surface area (Å²) < 4.78 is 16.9. The number of hydrogen-bond acceptors (Lipinski definition) is 6. The number of rotatable bonds is 52. The number of esters is 3. The molecule has 0 bridgehead atoms. The minimum Gasteiger partial charge on any atom is -0.462 e. The topological polar surface area (TPSA) is 78.9 Å². The highest BCUT2D eigenvalue weighted by Crippen LogP contribution is 2.18. The highest BCUT2D eigenvalue weighted by Gasteiger charge is 2.19. The van der Waals surface area contributed by atoms with Crippen molar-refractivity contribution in [2.75, 3.05) is 13.2 Å². The Kier molecular flexibility index (Phi) is 49.6. The first-order valence-corrected chi connectivity index (χ1v) is 28.7. The maximum absolute atomic E-state index is 12.8. The van der Waals surface area contributed by atoms with Crippen LogP contribution in [0.2, 0.25) is 0 Å². The summed E-state index contributed by atoms with van der Waals surface area (Å²) in [6.07, 6.45) is 53.9. The molecular formula is C58H112O6. The summed E-state index contributed by atoms with van der Waals surface area (Å²) in [5.74, 6) is 0.802. The van der Waals surface area contributed by atoms with Gasteiger partial charge in [0.2, 0.25) is 0 Å². The third kappa shape index (κ3) is 51.4. The Morgan fingerprint density at radius 1 is 0.297 bits per heavy atom. The quantitative estimate of drug-likeness (QED) is 0.0344. The molecule has 0 N–H and O–H groups in total. The first-order valence-electron chi connectivity index (χ1n) is 28.7. The first-order chi connectivity index (χ1) is 31.2. The van der Waals surface area contributed by atoms with Gasteiger partial charge < -0.3 is 14.2 Å². The van der Waals surface area contributed by atoms with Crippen molar-refractivity contribution in [3.63, 3.8) is 0 Å². The van der Waals surface area contributed by atoms with Gasteiger partial charge in [-0.2, -0.15) is 0 Å². The van der Waals surface area contributed by atoms with Crippen molar-refractivity contribution < 1.29 is 28.6 Å². The van der Waals surface area contributed by atoms with Crippen molar-refractivity contribution in [2.24, 2.45) is 11.8 Å². The lowest BCUT2D eigenvalue weighted by Gasteiger charge is -2.18. The van der Waals surface area contributed by atoms with Crippen LogP contribution < -0.4 is 0 Å². The van der Waals surface area contributed by atoms with Gasteiger partial charge in [0, 0.05) is 19.3 Å². The standard InChI is InChI=1S/C58H112O6/c1-6-7-8-9-10-11-12-13-14-15-18-21-24-27-33-38-43-48-56(59)62-51-55(52-63-57(60)49-44-39-34-30-29-32-37-42-47-54(4)5)64-58(61)50-45-40-35-28-25-22-19-16-17-20-23-26-31-36-41-46-53(2)3/h53-55H,6-52H2,1-5H3/t55-/m0/s1. The molecule has 0 aromatic rings. The van der Waals surface area contributed by atoms with Crippen LogP contribution in [0.25, 0.3) is 0 Å². The predicted octanol–water partition coefficient (Wildman–Crippen LogP) is 18.9. The molecule has 0 heterocycles. The van der Waals surface area contributed by atoms with Crippen LogP contribution in [0.1, 0.15) is 324 Å². The van der Waals surface area contributed by atoms with E-state index in [0.717, 1.165) is 69.6 Å². The SMILES string of the molecule is CCCCCCCCCCCCCCCCCCCC(=O)OC[C@@H](COC(=O)CCCCCCCCCCC(C)C)OC(=O)CCCCCCCCCCCCCCCCCC(C)C. The number of unbranched alkanes of at least 4 members (excludes halogenated alkanes) is 37. The highest BCUT2D eigenvalue weighted by atomic mass is 16.6. The molecule has 0 amide bonds. The average molecular weight is 906 g/mol. The van der Waals surface area contributed by atoms with Crippen LogP contribution >= 0.6 is 0 Å². The van der Waals surface area contributed by atoms with Gasteiger partial charge in [-0.3, -0.25) is 14.4 Å². The predicted molar refractivity (Wildman–Crippen MR) is 275 cm³/mol. The van der Waals surface area contributed by atoms with Crippen molar-refractivity contribution in [1.29, 1.82) is 0 Å². The Balaban J connectivity index is 4.26. The van der Waals surface area contributed by atoms with Crippen molar-refractivity contribution >= 4 is 17.9 Å². The van der Waals surface area contributed by atoms with E-state index in [1.165, 1.54) is 212 Å². The third-order valence-corrected chi connectivity index (χ3v) is 13.2. The summed E-state index contributed by atoms with van der Waals surface area (Å²) >= 11 is 0. The summed E-state index contributed by atoms with van der Waals surface area (Å²) in [4.78, 5) is 38.1. The monoisotopic (exact) mass is 905 g/mol. The van der Waals surface area contributed by atoms with Gasteiger partial charge >= 0.3 is 17.9 Å². The highest BCUT2D eigenvalue weighted by molar-refractivity contribution is 5.71. The molecule has 0 radical (unpaired) electrons. The normalized spacial score (nSPS) is 12.0. The Morgan fingerprint density at radius 2 is 0.516 bits per heavy atom. The molecular weight excluding hydrogens is 793 g/mol. The molecule has 0 spiro atoms. The molecule has 0 rings (SSSR count). The van der Waals surface area contributed by atoms with Gasteiger partial charge in [-0.05, 0) is 31.1 Å². The second kappa shape index (κ2) is 50.8. The first kappa shape index (κ1) is 62.4. The van der Waals surface area contributed by atoms with Crippen LogP contribution in [0.3, 0.4) is 0 Å². The summed E-state index contributed by atoms with van der Waals surface area (Å²) in [7, 11) is 0. The minimum atomic E-state index is -0.763. The fourth-order valence-corrected chi connectivity index (χ4v) is 8.87. The minimum absolute atomic E-state index is 0.0631. The van der Waals surface area contributed by atoms with Gasteiger partial charge in [-0.1, -0.05) is 285 Å². The van der Waals surface area contributed by atoms with E-state index in [1.807, 2.05) is 0 Å². The zero-order valence-electron chi connectivity index (χ0n) is 43.9. The molecule has 0 saturated carbocycles. The van der Waals surface area contributed by atoms with Crippen LogP contribution in [0, 0.1) is 11.8 Å². The van der Waals surface area contributed by atoms with Gasteiger partial charge in [0.15, 0.2) is 6.10 Å². The molecule has 0 aromatic carbocycles. The van der Waals surface area contributed by atoms with Gasteiger partial charge in [-0.25, -0.2) is 0 Å². The van der Waals surface area contributed by atoms with Crippen LogP contribution in [-0.2, 0) is 28.6 Å². The van der Waals surface area contributed by atoms with Gasteiger partial charge in [-0.15, -0.1) is 0 Å². The van der Waals surface area contributed by atoms with Gasteiger partial charge in [0.05, 0.1) is 0 Å². The number of hydrogen-bond donors (Lipinski definition) is 0. The molecule has 380 valence electrons. The van der Waals surface area contributed by atoms with E-state index in [9.17, 15) is 14.4 Å². The van der Waals surface area contributed by atoms with E-state index >= 15 is 0 Å². The van der Waals surface area contributed by atoms with E-state index in [-0.39, 0.29) is 31.1 Å². The van der Waals surface area contributed by atoms with Crippen LogP contribution in [0.15, 0.2) is 0 Å². The van der Waals surface area contributed by atoms with Crippen LogP contribution in [0.5, 0.6) is 0 Å². The average Bonchev–Trinajstić information content (AvgIpc) is 3.27. The van der Waals surface area contributed by atoms with Gasteiger partial charge in [0.1, 0.15) is 13.2 Å². The fraction of sp³-hybridized carbons (Fsp3) is 0.948. The molecule has 64 heavy (non-hydrogen) atoms. The maximum Gasteiger partial charge on any atom is 0.306 e. The zero-order chi connectivity index (χ0) is 46.8. The Labute approximate surface area is 399 Å². The van der Waals surface area contributed by atoms with Crippen LogP contribution in [-0.4, -0.2) is 37.2 Å². The van der Waals surface area contributed by atoms with Gasteiger partial charge in [0.25, 0.3) is 0 Å². The van der Waals surface area contributed by atoms with E-state index < -0.39 is 6.10 Å². The van der Waals surface area contributed by atoms with E-state index in [2.05, 4.69) is 34.6 Å². The number of carbonyl (C=O) groups is 3. The fourth-order valence-electron chi connectivity index (χ4n) is 8.87. The van der Waals surface area contributed by atoms with Crippen LogP contribution in [0.4, 0.5) is 0 Å². The number of carbonyl (C=O) groups excluding carboxylic acids is 3. The Morgan fingerprint density at radius 3 is 0.766 bits per heavy atom. The lowest BCUT2D eigenvalue weighted by Crippen LogP contribution is -2.30. The molecule has 0 aliphatic rings. The third-order valence-electron chi connectivity index (χ3n) is 13.2. The summed E-state index contributed by atoms with van der Waals surface area (Å²) in [6, 6.07) is 0. The van der Waals surface area contributed by atoms with E-state index in [1.54, 1.807) is 0 Å². The molecule has 0 aromatic heterocycles. The number of ether oxygens (including phenoxy) is 3. The Hall–Kier alpha value is -1.59. The summed E-state index contributed by atoms with van der Waals surface area (Å²) in [5, 5.41) is 0. The van der Waals surface area contributed by atoms with Crippen molar-refractivity contribution in [2.45, 2.75) is 330 Å². The second-order valence-corrected chi connectivity index (χ2v) is 20.9. The molecule has 1 atom stereocenters. The van der Waals surface area contributed by atoms with Crippen molar-refractivity contribution in [3.05, 3.63) is 0 Å². The molecule has 0 aliphatic carbocycles. The summed E-state index contributed by atoms with van der Waals surface area (Å²) in [5.41, 5.74) is 0. The largest absolute Gasteiger partial charge is 0.462 e. The Bertz CT molecular complexity index is 978. The van der Waals surface area contributed by atoms with Crippen molar-refractivity contribution in [1.82, 2.24) is 0 Å². The molecule has 6 heteroatoms. The maximum atomic E-state index is 12.8.